The predicted molar refractivity (Wildman–Crippen MR) is 88.5 cm³/mol. The second-order valence-corrected chi connectivity index (χ2v) is 5.20. The molecular weight excluding hydrogens is 292 g/mol. The zero-order chi connectivity index (χ0) is 16.4. The molecule has 0 spiro atoms. The van der Waals surface area contributed by atoms with Crippen LogP contribution in [0.3, 0.4) is 0 Å². The first-order chi connectivity index (χ1) is 11.1. The standard InChI is InChI=1S/C18H16N2O3/c1-3-23-18(22)14-10-20-15-9-13(12-4-6-19-7-5-12)8-11(2)16(15)17(14)21/h4-10H,3H2,1-2H3,(H,20,21). The van der Waals surface area contributed by atoms with E-state index in [4.69, 9.17) is 4.74 Å². The van der Waals surface area contributed by atoms with Gasteiger partial charge in [0.1, 0.15) is 5.56 Å². The monoisotopic (exact) mass is 308 g/mol. The molecule has 23 heavy (non-hydrogen) atoms. The molecule has 3 aromatic rings. The molecule has 5 nitrogen and oxygen atoms in total. The zero-order valence-electron chi connectivity index (χ0n) is 12.9. The van der Waals surface area contributed by atoms with Gasteiger partial charge in [0.05, 0.1) is 12.1 Å². The van der Waals surface area contributed by atoms with Crippen LogP contribution in [0.1, 0.15) is 22.8 Å². The molecule has 0 aliphatic heterocycles. The fourth-order valence-corrected chi connectivity index (χ4v) is 2.62. The second-order valence-electron chi connectivity index (χ2n) is 5.20. The van der Waals surface area contributed by atoms with Gasteiger partial charge < -0.3 is 9.72 Å². The van der Waals surface area contributed by atoms with Crippen LogP contribution in [-0.4, -0.2) is 22.5 Å². The average Bonchev–Trinajstić information content (AvgIpc) is 2.55. The number of ether oxygens (including phenoxy) is 1. The van der Waals surface area contributed by atoms with E-state index in [1.54, 1.807) is 19.3 Å². The minimum atomic E-state index is -0.603. The summed E-state index contributed by atoms with van der Waals surface area (Å²) in [6.45, 7) is 3.80. The minimum Gasteiger partial charge on any atom is -0.462 e. The van der Waals surface area contributed by atoms with Crippen LogP contribution in [0, 0.1) is 6.92 Å². The summed E-state index contributed by atoms with van der Waals surface area (Å²) < 4.78 is 4.92. The van der Waals surface area contributed by atoms with Gasteiger partial charge in [0.15, 0.2) is 0 Å². The Kier molecular flexibility index (Phi) is 3.93. The molecule has 2 aromatic heterocycles. The highest BCUT2D eigenvalue weighted by Crippen LogP contribution is 2.24. The predicted octanol–water partition coefficient (Wildman–Crippen LogP) is 3.08. The number of aromatic amines is 1. The van der Waals surface area contributed by atoms with Gasteiger partial charge in [-0.1, -0.05) is 6.07 Å². The highest BCUT2D eigenvalue weighted by molar-refractivity contribution is 5.95. The minimum absolute atomic E-state index is 0.0270. The average molecular weight is 308 g/mol. The maximum Gasteiger partial charge on any atom is 0.343 e. The summed E-state index contributed by atoms with van der Waals surface area (Å²) in [6.07, 6.45) is 4.86. The molecule has 0 fully saturated rings. The summed E-state index contributed by atoms with van der Waals surface area (Å²) >= 11 is 0. The molecule has 3 rings (SSSR count). The van der Waals surface area contributed by atoms with Crippen molar-refractivity contribution in [2.24, 2.45) is 0 Å². The van der Waals surface area contributed by atoms with Crippen LogP contribution in [0.5, 0.6) is 0 Å². The molecular formula is C18H16N2O3. The Labute approximate surface area is 133 Å². The van der Waals surface area contributed by atoms with Crippen molar-refractivity contribution in [2.45, 2.75) is 13.8 Å². The van der Waals surface area contributed by atoms with Crippen molar-refractivity contribution in [1.82, 2.24) is 9.97 Å². The third-order valence-electron chi connectivity index (χ3n) is 3.69. The number of pyridine rings is 2. The number of nitrogens with one attached hydrogen (secondary N) is 1. The molecule has 0 radical (unpaired) electrons. The third-order valence-corrected chi connectivity index (χ3v) is 3.69. The number of nitrogens with zero attached hydrogens (tertiary/aromatic N) is 1. The van der Waals surface area contributed by atoms with Crippen LogP contribution in [-0.2, 0) is 4.74 Å². The largest absolute Gasteiger partial charge is 0.462 e. The van der Waals surface area contributed by atoms with Crippen LogP contribution in [0.2, 0.25) is 0 Å². The molecule has 0 atom stereocenters. The number of fused-ring (bicyclic) bond motifs is 1. The lowest BCUT2D eigenvalue weighted by Crippen LogP contribution is -2.18. The normalized spacial score (nSPS) is 10.7. The van der Waals surface area contributed by atoms with E-state index in [-0.39, 0.29) is 17.6 Å². The van der Waals surface area contributed by atoms with Gasteiger partial charge in [-0.05, 0) is 48.7 Å². The first kappa shape index (κ1) is 15.0. The van der Waals surface area contributed by atoms with Crippen molar-refractivity contribution >= 4 is 16.9 Å². The van der Waals surface area contributed by atoms with Crippen LogP contribution in [0.4, 0.5) is 0 Å². The SMILES string of the molecule is CCOC(=O)c1c[nH]c2cc(-c3ccncc3)cc(C)c2c1=O. The van der Waals surface area contributed by atoms with E-state index in [0.717, 1.165) is 16.7 Å². The topological polar surface area (TPSA) is 72.1 Å². The number of carbonyl (C=O) groups excluding carboxylic acids is 1. The summed E-state index contributed by atoms with van der Waals surface area (Å²) in [4.78, 5) is 31.5. The van der Waals surface area contributed by atoms with Crippen LogP contribution in [0.15, 0.2) is 47.7 Å². The lowest BCUT2D eigenvalue weighted by atomic mass is 9.99. The van der Waals surface area contributed by atoms with Gasteiger partial charge in [-0.15, -0.1) is 0 Å². The fraction of sp³-hybridized carbons (Fsp3) is 0.167. The van der Waals surface area contributed by atoms with Crippen molar-refractivity contribution in [3.05, 3.63) is 64.2 Å². The van der Waals surface area contributed by atoms with Crippen molar-refractivity contribution in [3.63, 3.8) is 0 Å². The molecule has 1 aromatic carbocycles. The lowest BCUT2D eigenvalue weighted by Gasteiger charge is -2.09. The van der Waals surface area contributed by atoms with E-state index in [0.29, 0.717) is 10.9 Å². The molecule has 2 heterocycles. The highest BCUT2D eigenvalue weighted by atomic mass is 16.5. The Morgan fingerprint density at radius 2 is 1.96 bits per heavy atom. The van der Waals surface area contributed by atoms with Gasteiger partial charge in [-0.2, -0.15) is 0 Å². The van der Waals surface area contributed by atoms with E-state index in [1.807, 2.05) is 31.2 Å². The molecule has 0 saturated heterocycles. The number of esters is 1. The number of carbonyl (C=O) groups is 1. The van der Waals surface area contributed by atoms with E-state index in [2.05, 4.69) is 9.97 Å². The van der Waals surface area contributed by atoms with Gasteiger partial charge in [-0.3, -0.25) is 9.78 Å². The molecule has 0 amide bonds. The quantitative estimate of drug-likeness (QED) is 0.755. The lowest BCUT2D eigenvalue weighted by molar-refractivity contribution is 0.0524. The Balaban J connectivity index is 2.19. The number of hydrogen-bond acceptors (Lipinski definition) is 4. The third kappa shape index (κ3) is 2.73. The first-order valence-corrected chi connectivity index (χ1v) is 7.35. The molecule has 0 saturated carbocycles. The number of benzene rings is 1. The van der Waals surface area contributed by atoms with Gasteiger partial charge in [-0.25, -0.2) is 4.79 Å². The molecule has 116 valence electrons. The Bertz CT molecular complexity index is 930. The number of H-pyrrole nitrogens is 1. The fourth-order valence-electron chi connectivity index (χ4n) is 2.62. The van der Waals surface area contributed by atoms with Gasteiger partial charge in [0, 0.05) is 24.0 Å². The van der Waals surface area contributed by atoms with Crippen LogP contribution >= 0.6 is 0 Å². The summed E-state index contributed by atoms with van der Waals surface area (Å²) in [5, 5.41) is 0.508. The molecule has 0 aliphatic rings. The van der Waals surface area contributed by atoms with Crippen molar-refractivity contribution in [1.29, 1.82) is 0 Å². The number of rotatable bonds is 3. The van der Waals surface area contributed by atoms with E-state index in [1.165, 1.54) is 6.20 Å². The maximum absolute atomic E-state index is 12.6. The summed E-state index contributed by atoms with van der Waals surface area (Å²) in [6, 6.07) is 7.65. The summed E-state index contributed by atoms with van der Waals surface area (Å²) in [5.74, 6) is -0.603. The molecule has 0 aliphatic carbocycles. The maximum atomic E-state index is 12.6. The second kappa shape index (κ2) is 6.04. The Morgan fingerprint density at radius 1 is 1.22 bits per heavy atom. The summed E-state index contributed by atoms with van der Waals surface area (Å²) in [5.41, 5.74) is 3.21. The highest BCUT2D eigenvalue weighted by Gasteiger charge is 2.16. The number of aromatic nitrogens is 2. The van der Waals surface area contributed by atoms with E-state index >= 15 is 0 Å². The van der Waals surface area contributed by atoms with E-state index in [9.17, 15) is 9.59 Å². The van der Waals surface area contributed by atoms with Crippen LogP contribution < -0.4 is 5.43 Å². The van der Waals surface area contributed by atoms with Crippen molar-refractivity contribution in [3.8, 4) is 11.1 Å². The van der Waals surface area contributed by atoms with Crippen molar-refractivity contribution < 1.29 is 9.53 Å². The molecule has 0 unspecified atom stereocenters. The molecule has 0 bridgehead atoms. The smallest absolute Gasteiger partial charge is 0.343 e. The zero-order valence-corrected chi connectivity index (χ0v) is 12.9. The van der Waals surface area contributed by atoms with E-state index < -0.39 is 5.97 Å². The van der Waals surface area contributed by atoms with Gasteiger partial charge >= 0.3 is 5.97 Å². The van der Waals surface area contributed by atoms with Gasteiger partial charge in [0.2, 0.25) is 5.43 Å². The summed E-state index contributed by atoms with van der Waals surface area (Å²) in [7, 11) is 0. The number of hydrogen-bond donors (Lipinski definition) is 1. The Hall–Kier alpha value is -2.95. The number of aryl methyl sites for hydroxylation is 1. The molecule has 5 heteroatoms. The van der Waals surface area contributed by atoms with Crippen molar-refractivity contribution in [2.75, 3.05) is 6.61 Å². The first-order valence-electron chi connectivity index (χ1n) is 7.35. The van der Waals surface area contributed by atoms with Crippen LogP contribution in [0.25, 0.3) is 22.0 Å². The Morgan fingerprint density at radius 3 is 2.65 bits per heavy atom. The molecule has 1 N–H and O–H groups in total. The van der Waals surface area contributed by atoms with Gasteiger partial charge in [0.25, 0.3) is 0 Å².